The van der Waals surface area contributed by atoms with Gasteiger partial charge in [-0.05, 0) is 6.08 Å². The molecule has 0 atom stereocenters. The highest BCUT2D eigenvalue weighted by Gasteiger charge is 2.71. The summed E-state index contributed by atoms with van der Waals surface area (Å²) in [4.78, 5) is 9.68. The standard InChI is InChI=1S/C6H3F7O2/c7-4(8,2-1-3(14)15)5(9,10)6(11,12)13/h1-2H,(H,14,15)/b2-1+. The maximum Gasteiger partial charge on any atom is 0.460 e. The molecular formula is C6H3F7O2. The van der Waals surface area contributed by atoms with Crippen molar-refractivity contribution in [2.75, 3.05) is 0 Å². The maximum absolute atomic E-state index is 12.2. The van der Waals surface area contributed by atoms with Gasteiger partial charge in [-0.1, -0.05) is 0 Å². The second-order valence-corrected chi connectivity index (χ2v) is 2.37. The van der Waals surface area contributed by atoms with Gasteiger partial charge in [0.05, 0.1) is 0 Å². The van der Waals surface area contributed by atoms with E-state index in [1.54, 1.807) is 0 Å². The minimum Gasteiger partial charge on any atom is -0.478 e. The lowest BCUT2D eigenvalue weighted by Gasteiger charge is -2.25. The van der Waals surface area contributed by atoms with Crippen LogP contribution in [0.5, 0.6) is 0 Å². The van der Waals surface area contributed by atoms with Crippen LogP contribution >= 0.6 is 0 Å². The first-order valence-electron chi connectivity index (χ1n) is 3.16. The molecule has 0 heterocycles. The largest absolute Gasteiger partial charge is 0.478 e. The molecule has 0 fully saturated rings. The third kappa shape index (κ3) is 2.83. The van der Waals surface area contributed by atoms with Gasteiger partial charge >= 0.3 is 24.0 Å². The number of allylic oxidation sites excluding steroid dienone is 1. The van der Waals surface area contributed by atoms with Gasteiger partial charge in [0.25, 0.3) is 0 Å². The minimum absolute atomic E-state index is 0.486. The Bertz CT molecular complexity index is 278. The maximum atomic E-state index is 12.2. The summed E-state index contributed by atoms with van der Waals surface area (Å²) in [5, 5.41) is 7.80. The van der Waals surface area contributed by atoms with Crippen molar-refractivity contribution in [2.45, 2.75) is 18.0 Å². The summed E-state index contributed by atoms with van der Waals surface area (Å²) in [7, 11) is 0. The third-order valence-corrected chi connectivity index (χ3v) is 1.21. The smallest absolute Gasteiger partial charge is 0.460 e. The van der Waals surface area contributed by atoms with Gasteiger partial charge in [-0.15, -0.1) is 0 Å². The number of carboxylic acids is 1. The average molecular weight is 240 g/mol. The van der Waals surface area contributed by atoms with Gasteiger partial charge in [-0.3, -0.25) is 0 Å². The molecule has 0 aromatic carbocycles. The Morgan fingerprint density at radius 2 is 1.40 bits per heavy atom. The predicted octanol–water partition coefficient (Wildman–Crippen LogP) is 2.46. The predicted molar refractivity (Wildman–Crippen MR) is 32.7 cm³/mol. The third-order valence-electron chi connectivity index (χ3n) is 1.21. The average Bonchev–Trinajstić information content (AvgIpc) is 1.98. The first-order chi connectivity index (χ1) is 6.42. The molecule has 0 amide bonds. The summed E-state index contributed by atoms with van der Waals surface area (Å²) in [5.74, 6) is -14.0. The van der Waals surface area contributed by atoms with E-state index in [9.17, 15) is 35.5 Å². The van der Waals surface area contributed by atoms with Crippen LogP contribution in [0.1, 0.15) is 0 Å². The Balaban J connectivity index is 5.10. The van der Waals surface area contributed by atoms with Crippen molar-refractivity contribution in [1.82, 2.24) is 0 Å². The van der Waals surface area contributed by atoms with Gasteiger partial charge < -0.3 is 5.11 Å². The Kier molecular flexibility index (Phi) is 3.39. The summed E-state index contributed by atoms with van der Waals surface area (Å²) in [6.07, 6.45) is -7.96. The van der Waals surface area contributed by atoms with E-state index < -0.39 is 36.1 Å². The van der Waals surface area contributed by atoms with Gasteiger partial charge in [-0.25, -0.2) is 4.79 Å². The SMILES string of the molecule is O=C(O)/C=C/C(F)(F)C(F)(F)C(F)(F)F. The van der Waals surface area contributed by atoms with Crippen molar-refractivity contribution in [3.05, 3.63) is 12.2 Å². The molecule has 0 rings (SSSR count). The van der Waals surface area contributed by atoms with Crippen LogP contribution in [-0.4, -0.2) is 29.1 Å². The molecule has 88 valence electrons. The van der Waals surface area contributed by atoms with Crippen LogP contribution < -0.4 is 0 Å². The topological polar surface area (TPSA) is 37.3 Å². The molecule has 0 bridgehead atoms. The molecule has 0 spiro atoms. The Morgan fingerprint density at radius 3 is 1.67 bits per heavy atom. The number of carbonyl (C=O) groups is 1. The summed E-state index contributed by atoms with van der Waals surface area (Å²) in [5.41, 5.74) is 0. The number of alkyl halides is 7. The number of carboxylic acid groups (broad SMARTS) is 1. The number of hydrogen-bond donors (Lipinski definition) is 1. The van der Waals surface area contributed by atoms with Crippen LogP contribution in [0.2, 0.25) is 0 Å². The highest BCUT2D eigenvalue weighted by Crippen LogP contribution is 2.46. The number of aliphatic carboxylic acids is 1. The number of hydrogen-bond acceptors (Lipinski definition) is 1. The fourth-order valence-corrected chi connectivity index (χ4v) is 0.470. The molecule has 1 N–H and O–H groups in total. The molecule has 0 unspecified atom stereocenters. The van der Waals surface area contributed by atoms with Crippen molar-refractivity contribution in [2.24, 2.45) is 0 Å². The molecular weight excluding hydrogens is 237 g/mol. The summed E-state index contributed by atoms with van der Waals surface area (Å²) < 4.78 is 82.9. The molecule has 0 aliphatic heterocycles. The van der Waals surface area contributed by atoms with Crippen molar-refractivity contribution in [3.63, 3.8) is 0 Å². The normalized spacial score (nSPS) is 14.6. The van der Waals surface area contributed by atoms with Crippen molar-refractivity contribution in [1.29, 1.82) is 0 Å². The first-order valence-corrected chi connectivity index (χ1v) is 3.16. The Hall–Kier alpha value is -1.28. The second kappa shape index (κ2) is 3.70. The van der Waals surface area contributed by atoms with E-state index in [4.69, 9.17) is 5.11 Å². The lowest BCUT2D eigenvalue weighted by molar-refractivity contribution is -0.341. The first kappa shape index (κ1) is 13.7. The van der Waals surface area contributed by atoms with Crippen LogP contribution in [0.15, 0.2) is 12.2 Å². The zero-order valence-corrected chi connectivity index (χ0v) is 6.66. The van der Waals surface area contributed by atoms with E-state index in [2.05, 4.69) is 0 Å². The quantitative estimate of drug-likeness (QED) is 0.607. The number of halogens is 7. The molecule has 0 saturated heterocycles. The van der Waals surface area contributed by atoms with Gasteiger partial charge in [-0.2, -0.15) is 30.7 Å². The Labute approximate surface area is 78.0 Å². The molecule has 0 aromatic heterocycles. The summed E-state index contributed by atoms with van der Waals surface area (Å²) in [6, 6.07) is 0. The highest BCUT2D eigenvalue weighted by atomic mass is 19.4. The minimum atomic E-state index is -6.46. The fraction of sp³-hybridized carbons (Fsp3) is 0.500. The molecule has 9 heteroatoms. The van der Waals surface area contributed by atoms with E-state index in [-0.39, 0.29) is 0 Å². The Morgan fingerprint density at radius 1 is 1.00 bits per heavy atom. The van der Waals surface area contributed by atoms with Crippen LogP contribution in [0.4, 0.5) is 30.7 Å². The molecule has 0 aromatic rings. The molecule has 0 aliphatic rings. The lowest BCUT2D eigenvalue weighted by atomic mass is 10.1. The number of rotatable bonds is 3. The molecule has 15 heavy (non-hydrogen) atoms. The van der Waals surface area contributed by atoms with Gasteiger partial charge in [0.15, 0.2) is 0 Å². The zero-order chi connectivity index (χ0) is 12.5. The van der Waals surface area contributed by atoms with Crippen LogP contribution in [0.25, 0.3) is 0 Å². The molecule has 0 saturated carbocycles. The van der Waals surface area contributed by atoms with E-state index in [1.807, 2.05) is 0 Å². The van der Waals surface area contributed by atoms with E-state index in [1.165, 1.54) is 0 Å². The van der Waals surface area contributed by atoms with Crippen LogP contribution in [0, 0.1) is 0 Å². The van der Waals surface area contributed by atoms with Crippen molar-refractivity contribution < 1.29 is 40.6 Å². The second-order valence-electron chi connectivity index (χ2n) is 2.37. The van der Waals surface area contributed by atoms with E-state index >= 15 is 0 Å². The van der Waals surface area contributed by atoms with Gasteiger partial charge in [0.2, 0.25) is 0 Å². The fourth-order valence-electron chi connectivity index (χ4n) is 0.470. The highest BCUT2D eigenvalue weighted by molar-refractivity contribution is 5.79. The summed E-state index contributed by atoms with van der Waals surface area (Å²) >= 11 is 0. The summed E-state index contributed by atoms with van der Waals surface area (Å²) in [6.45, 7) is 0. The van der Waals surface area contributed by atoms with E-state index in [0.717, 1.165) is 0 Å². The van der Waals surface area contributed by atoms with Crippen LogP contribution in [0.3, 0.4) is 0 Å². The molecule has 2 nitrogen and oxygen atoms in total. The van der Waals surface area contributed by atoms with E-state index in [0.29, 0.717) is 0 Å². The monoisotopic (exact) mass is 240 g/mol. The molecule has 0 radical (unpaired) electrons. The van der Waals surface area contributed by atoms with Crippen molar-refractivity contribution in [3.8, 4) is 0 Å². The lowest BCUT2D eigenvalue weighted by Crippen LogP contribution is -2.50. The van der Waals surface area contributed by atoms with Crippen molar-refractivity contribution >= 4 is 5.97 Å². The van der Waals surface area contributed by atoms with Gasteiger partial charge in [0, 0.05) is 6.08 Å². The van der Waals surface area contributed by atoms with Gasteiger partial charge in [0.1, 0.15) is 0 Å². The molecule has 0 aliphatic carbocycles. The zero-order valence-electron chi connectivity index (χ0n) is 6.66. The van der Waals surface area contributed by atoms with Crippen LogP contribution in [-0.2, 0) is 4.79 Å².